The van der Waals surface area contributed by atoms with Gasteiger partial charge in [-0.15, -0.1) is 0 Å². The Balaban J connectivity index is 2.42. The summed E-state index contributed by atoms with van der Waals surface area (Å²) in [4.78, 5) is 35.4. The maximum atomic E-state index is 12.0. The third-order valence-corrected chi connectivity index (χ3v) is 3.80. The minimum atomic E-state index is -0.438. The first-order chi connectivity index (χ1) is 11.8. The lowest BCUT2D eigenvalue weighted by molar-refractivity contribution is -0.384. The number of ether oxygens (including phenoxy) is 1. The van der Waals surface area contributed by atoms with Crippen LogP contribution in [0.4, 0.5) is 5.69 Å². The standard InChI is InChI=1S/C17H25N3O5/c1-4-25-17(22)9-6-10-18-16(21)12-19(3)13(2)14-7-5-8-15(11-14)20(23)24/h5,7-8,11,13H,4,6,9-10,12H2,1-3H3,(H,18,21). The van der Waals surface area contributed by atoms with Crippen molar-refractivity contribution in [2.45, 2.75) is 32.7 Å². The molecule has 1 unspecified atom stereocenters. The van der Waals surface area contributed by atoms with E-state index in [-0.39, 0.29) is 36.6 Å². The largest absolute Gasteiger partial charge is 0.466 e. The summed E-state index contributed by atoms with van der Waals surface area (Å²) in [6.07, 6.45) is 0.794. The van der Waals surface area contributed by atoms with Gasteiger partial charge in [-0.1, -0.05) is 12.1 Å². The molecule has 8 heteroatoms. The summed E-state index contributed by atoms with van der Waals surface area (Å²) in [6, 6.07) is 6.23. The molecule has 1 atom stereocenters. The zero-order chi connectivity index (χ0) is 18.8. The number of nitrogens with zero attached hydrogens (tertiary/aromatic N) is 2. The Labute approximate surface area is 147 Å². The van der Waals surface area contributed by atoms with E-state index in [4.69, 9.17) is 4.74 Å². The lowest BCUT2D eigenvalue weighted by Crippen LogP contribution is -2.36. The molecule has 1 aromatic carbocycles. The van der Waals surface area contributed by atoms with Crippen LogP contribution in [0.25, 0.3) is 0 Å². The van der Waals surface area contributed by atoms with E-state index in [2.05, 4.69) is 5.32 Å². The van der Waals surface area contributed by atoms with Crippen LogP contribution in [-0.2, 0) is 14.3 Å². The number of nitro benzene ring substituents is 1. The van der Waals surface area contributed by atoms with Crippen LogP contribution in [0.5, 0.6) is 0 Å². The van der Waals surface area contributed by atoms with E-state index >= 15 is 0 Å². The minimum absolute atomic E-state index is 0.0289. The predicted molar refractivity (Wildman–Crippen MR) is 93.0 cm³/mol. The first-order valence-corrected chi connectivity index (χ1v) is 8.22. The van der Waals surface area contributed by atoms with Crippen LogP contribution in [0.2, 0.25) is 0 Å². The lowest BCUT2D eigenvalue weighted by Gasteiger charge is -2.24. The fourth-order valence-electron chi connectivity index (χ4n) is 2.27. The van der Waals surface area contributed by atoms with Gasteiger partial charge in [0, 0.05) is 31.1 Å². The number of nitrogens with one attached hydrogen (secondary N) is 1. The van der Waals surface area contributed by atoms with Gasteiger partial charge in [0.1, 0.15) is 0 Å². The molecule has 1 N–H and O–H groups in total. The molecule has 0 aliphatic carbocycles. The molecular weight excluding hydrogens is 326 g/mol. The zero-order valence-corrected chi connectivity index (χ0v) is 14.9. The average molecular weight is 351 g/mol. The summed E-state index contributed by atoms with van der Waals surface area (Å²) in [5.74, 6) is -0.434. The van der Waals surface area contributed by atoms with Crippen LogP contribution in [0.3, 0.4) is 0 Å². The summed E-state index contributed by atoms with van der Waals surface area (Å²) in [5.41, 5.74) is 0.799. The third-order valence-electron chi connectivity index (χ3n) is 3.80. The predicted octanol–water partition coefficient (Wildman–Crippen LogP) is 2.05. The van der Waals surface area contributed by atoms with Gasteiger partial charge in [0.2, 0.25) is 5.91 Å². The van der Waals surface area contributed by atoms with Gasteiger partial charge in [0.05, 0.1) is 18.1 Å². The fraction of sp³-hybridized carbons (Fsp3) is 0.529. The van der Waals surface area contributed by atoms with Crippen molar-refractivity contribution >= 4 is 17.6 Å². The van der Waals surface area contributed by atoms with Crippen molar-refractivity contribution in [3.05, 3.63) is 39.9 Å². The molecule has 0 spiro atoms. The van der Waals surface area contributed by atoms with Crippen molar-refractivity contribution in [2.75, 3.05) is 26.7 Å². The molecule has 1 rings (SSSR count). The molecule has 1 amide bonds. The Morgan fingerprint density at radius 3 is 2.76 bits per heavy atom. The molecule has 8 nitrogen and oxygen atoms in total. The quantitative estimate of drug-likeness (QED) is 0.300. The summed E-state index contributed by atoms with van der Waals surface area (Å²) in [7, 11) is 1.78. The number of non-ortho nitro benzene ring substituents is 1. The van der Waals surface area contributed by atoms with E-state index in [0.29, 0.717) is 19.6 Å². The highest BCUT2D eigenvalue weighted by Crippen LogP contribution is 2.22. The SMILES string of the molecule is CCOC(=O)CCCNC(=O)CN(C)C(C)c1cccc([N+](=O)[O-])c1. The Kier molecular flexibility index (Phi) is 8.55. The number of rotatable bonds is 10. The van der Waals surface area contributed by atoms with Crippen LogP contribution in [0.1, 0.15) is 38.3 Å². The molecule has 25 heavy (non-hydrogen) atoms. The number of nitro groups is 1. The molecule has 0 radical (unpaired) electrons. The Morgan fingerprint density at radius 2 is 2.12 bits per heavy atom. The summed E-state index contributed by atoms with van der Waals surface area (Å²) >= 11 is 0. The number of amides is 1. The number of benzene rings is 1. The third kappa shape index (κ3) is 7.30. The van der Waals surface area contributed by atoms with Crippen molar-refractivity contribution in [3.63, 3.8) is 0 Å². The van der Waals surface area contributed by atoms with Crippen molar-refractivity contribution in [1.29, 1.82) is 0 Å². The monoisotopic (exact) mass is 351 g/mol. The van der Waals surface area contributed by atoms with Gasteiger partial charge in [-0.3, -0.25) is 24.6 Å². The number of hydrogen-bond acceptors (Lipinski definition) is 6. The smallest absolute Gasteiger partial charge is 0.305 e. The maximum Gasteiger partial charge on any atom is 0.305 e. The van der Waals surface area contributed by atoms with Gasteiger partial charge in [0.15, 0.2) is 0 Å². The van der Waals surface area contributed by atoms with Crippen molar-refractivity contribution in [3.8, 4) is 0 Å². The number of likely N-dealkylation sites (N-methyl/N-ethyl adjacent to an activating group) is 1. The second-order valence-corrected chi connectivity index (χ2v) is 5.70. The molecule has 0 aromatic heterocycles. The first kappa shape index (κ1) is 20.6. The number of carbonyl (C=O) groups is 2. The number of esters is 1. The van der Waals surface area contributed by atoms with E-state index in [9.17, 15) is 19.7 Å². The number of carbonyl (C=O) groups excluding carboxylic acids is 2. The molecule has 0 aliphatic rings. The van der Waals surface area contributed by atoms with E-state index in [1.165, 1.54) is 12.1 Å². The molecule has 0 saturated carbocycles. The lowest BCUT2D eigenvalue weighted by atomic mass is 10.1. The Bertz CT molecular complexity index is 606. The van der Waals surface area contributed by atoms with Crippen LogP contribution >= 0.6 is 0 Å². The molecule has 0 bridgehead atoms. The summed E-state index contributed by atoms with van der Waals surface area (Å²) in [5, 5.41) is 13.6. The molecule has 138 valence electrons. The van der Waals surface area contributed by atoms with Gasteiger partial charge in [0.25, 0.3) is 5.69 Å². The Hall–Kier alpha value is -2.48. The zero-order valence-electron chi connectivity index (χ0n) is 14.9. The maximum absolute atomic E-state index is 12.0. The highest BCUT2D eigenvalue weighted by molar-refractivity contribution is 5.78. The highest BCUT2D eigenvalue weighted by atomic mass is 16.6. The summed E-state index contributed by atoms with van der Waals surface area (Å²) in [6.45, 7) is 4.54. The van der Waals surface area contributed by atoms with Crippen LogP contribution < -0.4 is 5.32 Å². The van der Waals surface area contributed by atoms with E-state index in [0.717, 1.165) is 5.56 Å². The van der Waals surface area contributed by atoms with Crippen LogP contribution in [0, 0.1) is 10.1 Å². The van der Waals surface area contributed by atoms with E-state index in [1.54, 1.807) is 31.0 Å². The first-order valence-electron chi connectivity index (χ1n) is 8.22. The van der Waals surface area contributed by atoms with Gasteiger partial charge in [-0.05, 0) is 32.9 Å². The molecular formula is C17H25N3O5. The molecule has 0 heterocycles. The van der Waals surface area contributed by atoms with Crippen LogP contribution in [0.15, 0.2) is 24.3 Å². The van der Waals surface area contributed by atoms with Gasteiger partial charge in [-0.25, -0.2) is 0 Å². The second-order valence-electron chi connectivity index (χ2n) is 5.70. The van der Waals surface area contributed by atoms with Crippen molar-refractivity contribution in [1.82, 2.24) is 10.2 Å². The van der Waals surface area contributed by atoms with Crippen molar-refractivity contribution in [2.24, 2.45) is 0 Å². The van der Waals surface area contributed by atoms with Gasteiger partial charge in [-0.2, -0.15) is 0 Å². The van der Waals surface area contributed by atoms with E-state index in [1.807, 2.05) is 6.92 Å². The number of hydrogen-bond donors (Lipinski definition) is 1. The topological polar surface area (TPSA) is 102 Å². The molecule has 0 fully saturated rings. The average Bonchev–Trinajstić information content (AvgIpc) is 2.58. The second kappa shape index (κ2) is 10.4. The highest BCUT2D eigenvalue weighted by Gasteiger charge is 2.17. The van der Waals surface area contributed by atoms with Crippen molar-refractivity contribution < 1.29 is 19.2 Å². The molecule has 1 aromatic rings. The molecule has 0 aliphatic heterocycles. The van der Waals surface area contributed by atoms with E-state index < -0.39 is 4.92 Å². The van der Waals surface area contributed by atoms with Gasteiger partial charge < -0.3 is 10.1 Å². The molecule has 0 saturated heterocycles. The minimum Gasteiger partial charge on any atom is -0.466 e. The Morgan fingerprint density at radius 1 is 1.40 bits per heavy atom. The fourth-order valence-corrected chi connectivity index (χ4v) is 2.27. The summed E-state index contributed by atoms with van der Waals surface area (Å²) < 4.78 is 4.81. The van der Waals surface area contributed by atoms with Gasteiger partial charge >= 0.3 is 5.97 Å². The normalized spacial score (nSPS) is 11.8. The van der Waals surface area contributed by atoms with Crippen LogP contribution in [-0.4, -0.2) is 48.4 Å².